The molecule has 0 radical (unpaired) electrons. The summed E-state index contributed by atoms with van der Waals surface area (Å²) in [6.45, 7) is 9.84. The Bertz CT molecular complexity index is 772. The van der Waals surface area contributed by atoms with E-state index in [9.17, 15) is 19.8 Å². The number of aliphatic carboxylic acids is 1. The van der Waals surface area contributed by atoms with E-state index in [1.807, 2.05) is 6.92 Å². The fraction of sp³-hybridized carbons (Fsp3) is 0.773. The molecule has 4 aliphatic rings. The molecule has 7 nitrogen and oxygen atoms in total. The third-order valence-corrected chi connectivity index (χ3v) is 8.81. The van der Waals surface area contributed by atoms with Crippen molar-refractivity contribution in [1.82, 2.24) is 9.80 Å². The summed E-state index contributed by atoms with van der Waals surface area (Å²) in [6, 6.07) is -0.221. The van der Waals surface area contributed by atoms with Crippen molar-refractivity contribution in [2.45, 2.75) is 63.9 Å². The molecule has 166 valence electrons. The minimum absolute atomic E-state index is 0.0419. The van der Waals surface area contributed by atoms with Gasteiger partial charge in [0.15, 0.2) is 0 Å². The molecule has 0 aromatic carbocycles. The van der Waals surface area contributed by atoms with Crippen molar-refractivity contribution in [3.8, 4) is 0 Å². The maximum absolute atomic E-state index is 12.5. The Kier molecular flexibility index (Phi) is 6.28. The number of piperidine rings is 1. The van der Waals surface area contributed by atoms with E-state index in [0.29, 0.717) is 11.2 Å². The number of β-lactam (4-membered cyclic amide) rings is 1. The van der Waals surface area contributed by atoms with Crippen molar-refractivity contribution < 1.29 is 19.8 Å². The second-order valence-electron chi connectivity index (χ2n) is 9.37. The monoisotopic (exact) mass is 435 g/mol. The molecule has 0 aromatic rings. The Hall–Kier alpha value is -1.38. The zero-order valence-corrected chi connectivity index (χ0v) is 18.9. The molecule has 2 fully saturated rings. The number of carboxylic acid groups (broad SMARTS) is 1. The number of hydrogen-bond acceptors (Lipinski definition) is 6. The van der Waals surface area contributed by atoms with Gasteiger partial charge in [0, 0.05) is 34.9 Å². The molecule has 1 amide bonds. The lowest BCUT2D eigenvalue weighted by Gasteiger charge is -2.46. The highest BCUT2D eigenvalue weighted by atomic mass is 32.2. The number of amides is 1. The Labute approximate surface area is 182 Å². The molecule has 2 saturated heterocycles. The topological polar surface area (TPSA) is 93.4 Å². The number of aliphatic hydroxyl groups is 1. The van der Waals surface area contributed by atoms with Gasteiger partial charge in [-0.1, -0.05) is 6.92 Å². The summed E-state index contributed by atoms with van der Waals surface area (Å²) in [5.41, 5.74) is 1.42. The van der Waals surface area contributed by atoms with Crippen molar-refractivity contribution >= 4 is 29.4 Å². The number of thioether (sulfide) groups is 1. The Morgan fingerprint density at radius 2 is 2.00 bits per heavy atom. The molecule has 5 atom stereocenters. The summed E-state index contributed by atoms with van der Waals surface area (Å²) in [6.07, 6.45) is 3.65. The number of fused-ring (bicyclic) bond motifs is 1. The molecular weight excluding hydrogens is 402 g/mol. The van der Waals surface area contributed by atoms with Crippen LogP contribution in [0, 0.1) is 17.8 Å². The van der Waals surface area contributed by atoms with Gasteiger partial charge in [-0.2, -0.15) is 0 Å². The lowest BCUT2D eigenvalue weighted by atomic mass is 9.79. The van der Waals surface area contributed by atoms with Crippen LogP contribution in [0.25, 0.3) is 0 Å². The summed E-state index contributed by atoms with van der Waals surface area (Å²) in [4.78, 5) is 33.8. The summed E-state index contributed by atoms with van der Waals surface area (Å²) >= 11 is 1.66. The second-order valence-corrected chi connectivity index (χ2v) is 10.7. The average Bonchev–Trinajstić information content (AvgIpc) is 2.94. The van der Waals surface area contributed by atoms with Gasteiger partial charge in [-0.15, -0.1) is 11.8 Å². The summed E-state index contributed by atoms with van der Waals surface area (Å²) in [7, 11) is 0. The summed E-state index contributed by atoms with van der Waals surface area (Å²) in [5, 5.41) is 20.2. The van der Waals surface area contributed by atoms with Crippen LogP contribution in [0.2, 0.25) is 0 Å². The molecular formula is C22H33N3O4S. The highest BCUT2D eigenvalue weighted by molar-refractivity contribution is 8.03. The van der Waals surface area contributed by atoms with E-state index in [4.69, 9.17) is 0 Å². The summed E-state index contributed by atoms with van der Waals surface area (Å²) in [5.74, 6) is -1.17. The first-order chi connectivity index (χ1) is 14.3. The second kappa shape index (κ2) is 8.63. The highest BCUT2D eigenvalue weighted by Gasteiger charge is 2.60. The molecule has 30 heavy (non-hydrogen) atoms. The van der Waals surface area contributed by atoms with Gasteiger partial charge in [0.05, 0.1) is 18.1 Å². The van der Waals surface area contributed by atoms with Gasteiger partial charge in [0.1, 0.15) is 5.70 Å². The lowest BCUT2D eigenvalue weighted by molar-refractivity contribution is -0.163. The number of likely N-dealkylation sites (tertiary alicyclic amines) is 1. The van der Waals surface area contributed by atoms with Gasteiger partial charge in [-0.05, 0) is 58.5 Å². The van der Waals surface area contributed by atoms with Crippen molar-refractivity contribution in [1.29, 1.82) is 0 Å². The van der Waals surface area contributed by atoms with Crippen LogP contribution in [-0.4, -0.2) is 81.2 Å². The summed E-state index contributed by atoms with van der Waals surface area (Å²) < 4.78 is 0. The third kappa shape index (κ3) is 3.94. The van der Waals surface area contributed by atoms with Gasteiger partial charge in [-0.25, -0.2) is 4.79 Å². The molecule has 1 unspecified atom stereocenters. The maximum atomic E-state index is 12.5. The lowest BCUT2D eigenvalue weighted by Crippen LogP contribution is -2.63. The van der Waals surface area contributed by atoms with E-state index >= 15 is 0 Å². The van der Waals surface area contributed by atoms with Crippen LogP contribution in [0.3, 0.4) is 0 Å². The first-order valence-electron chi connectivity index (χ1n) is 11.2. The molecule has 8 heteroatoms. The Morgan fingerprint density at radius 3 is 2.57 bits per heavy atom. The zero-order valence-electron chi connectivity index (χ0n) is 18.1. The Morgan fingerprint density at radius 1 is 1.30 bits per heavy atom. The van der Waals surface area contributed by atoms with E-state index < -0.39 is 18.0 Å². The third-order valence-electron chi connectivity index (χ3n) is 7.19. The molecule has 0 aliphatic carbocycles. The van der Waals surface area contributed by atoms with E-state index in [1.54, 1.807) is 18.7 Å². The van der Waals surface area contributed by atoms with E-state index in [1.165, 1.54) is 17.0 Å². The Balaban J connectivity index is 1.36. The van der Waals surface area contributed by atoms with E-state index in [2.05, 4.69) is 16.8 Å². The standard InChI is InChI=1S/C22H33N3O4S/c1-12-4-5-15(10-23-12)11-24-8-6-16(7-9-24)30-20-13(2)18-17(14(3)26)21(27)25(18)19(20)22(28)29/h13-18,26H,4-11H2,1-3H3,(H,28,29)/t13-,14-,15?,17-,18-/m1/s1. The van der Waals surface area contributed by atoms with E-state index in [0.717, 1.165) is 50.3 Å². The van der Waals surface area contributed by atoms with Crippen LogP contribution in [0.1, 0.15) is 46.5 Å². The molecule has 4 heterocycles. The number of nitrogens with zero attached hydrogens (tertiary/aromatic N) is 3. The first kappa shape index (κ1) is 21.8. The van der Waals surface area contributed by atoms with Crippen LogP contribution >= 0.6 is 11.8 Å². The van der Waals surface area contributed by atoms with Gasteiger partial charge < -0.3 is 20.0 Å². The van der Waals surface area contributed by atoms with Crippen LogP contribution in [-0.2, 0) is 9.59 Å². The van der Waals surface area contributed by atoms with E-state index in [-0.39, 0.29) is 23.6 Å². The largest absolute Gasteiger partial charge is 0.477 e. The maximum Gasteiger partial charge on any atom is 0.353 e. The molecule has 4 aliphatic heterocycles. The number of hydrogen-bond donors (Lipinski definition) is 2. The molecule has 2 N–H and O–H groups in total. The number of aliphatic imine (C=N–C) groups is 1. The zero-order chi connectivity index (χ0) is 21.6. The van der Waals surface area contributed by atoms with Crippen molar-refractivity contribution in [2.75, 3.05) is 26.2 Å². The predicted octanol–water partition coefficient (Wildman–Crippen LogP) is 2.21. The van der Waals surface area contributed by atoms with Gasteiger partial charge in [0.25, 0.3) is 0 Å². The number of rotatable bonds is 6. The predicted molar refractivity (Wildman–Crippen MR) is 117 cm³/mol. The SMILES string of the molecule is CC1=NCC(CN2CCC(SC3=C(C(=O)O)N4C(=O)[C@H]([C@@H](C)O)[C@H]4[C@H]3C)CC2)CC1. The average molecular weight is 436 g/mol. The molecule has 0 bridgehead atoms. The fourth-order valence-corrected chi connectivity index (χ4v) is 6.91. The van der Waals surface area contributed by atoms with Gasteiger partial charge in [0.2, 0.25) is 5.91 Å². The van der Waals surface area contributed by atoms with Gasteiger partial charge >= 0.3 is 5.97 Å². The molecule has 0 saturated carbocycles. The molecule has 0 aromatic heterocycles. The molecule has 4 rings (SSSR count). The normalized spacial score (nSPS) is 33.9. The smallest absolute Gasteiger partial charge is 0.353 e. The quantitative estimate of drug-likeness (QED) is 0.622. The van der Waals surface area contributed by atoms with Crippen LogP contribution in [0.4, 0.5) is 0 Å². The molecule has 0 spiro atoms. The van der Waals surface area contributed by atoms with Crippen molar-refractivity contribution in [3.63, 3.8) is 0 Å². The number of carbonyl (C=O) groups excluding carboxylic acids is 1. The minimum Gasteiger partial charge on any atom is -0.477 e. The van der Waals surface area contributed by atoms with Crippen LogP contribution < -0.4 is 0 Å². The highest BCUT2D eigenvalue weighted by Crippen LogP contribution is 2.52. The van der Waals surface area contributed by atoms with Crippen molar-refractivity contribution in [2.24, 2.45) is 22.7 Å². The van der Waals surface area contributed by atoms with Crippen LogP contribution in [0.5, 0.6) is 0 Å². The van der Waals surface area contributed by atoms with Crippen LogP contribution in [0.15, 0.2) is 15.6 Å². The number of carboxylic acids is 1. The van der Waals surface area contributed by atoms with Gasteiger partial charge in [-0.3, -0.25) is 9.79 Å². The number of carbonyl (C=O) groups is 2. The number of aliphatic hydroxyl groups excluding tert-OH is 1. The first-order valence-corrected chi connectivity index (χ1v) is 12.0. The minimum atomic E-state index is -1.03. The fourth-order valence-electron chi connectivity index (χ4n) is 5.45. The van der Waals surface area contributed by atoms with Crippen molar-refractivity contribution in [3.05, 3.63) is 10.6 Å².